The molecule has 0 radical (unpaired) electrons. The third kappa shape index (κ3) is 6.02. The van der Waals surface area contributed by atoms with Gasteiger partial charge in [0.2, 0.25) is 0 Å². The second-order valence-corrected chi connectivity index (χ2v) is 6.48. The van der Waals surface area contributed by atoms with Gasteiger partial charge in [0, 0.05) is 10.0 Å². The van der Waals surface area contributed by atoms with Crippen LogP contribution >= 0.6 is 28.3 Å². The van der Waals surface area contributed by atoms with E-state index in [4.69, 9.17) is 5.73 Å². The molecule has 0 aliphatic carbocycles. The normalized spacial score (nSPS) is 15.1. The molecule has 1 rings (SSSR count). The lowest BCUT2D eigenvalue weighted by Crippen LogP contribution is -2.37. The molecule has 3 N–H and O–H groups in total. The van der Waals surface area contributed by atoms with Crippen LogP contribution < -0.4 is 10.5 Å². The van der Waals surface area contributed by atoms with Gasteiger partial charge in [-0.3, -0.25) is 0 Å². The van der Waals surface area contributed by atoms with Crippen LogP contribution in [0.1, 0.15) is 32.4 Å². The van der Waals surface area contributed by atoms with Crippen LogP contribution in [0.25, 0.3) is 0 Å². The van der Waals surface area contributed by atoms with E-state index >= 15 is 0 Å². The van der Waals surface area contributed by atoms with Gasteiger partial charge >= 0.3 is 6.36 Å². The molecule has 1 aromatic carbocycles. The predicted octanol–water partition coefficient (Wildman–Crippen LogP) is 4.18. The lowest BCUT2D eigenvalue weighted by Gasteiger charge is -2.31. The van der Waals surface area contributed by atoms with Gasteiger partial charge in [0.1, 0.15) is 5.75 Å². The molecule has 1 aromatic rings. The van der Waals surface area contributed by atoms with E-state index in [0.717, 1.165) is 0 Å². The van der Waals surface area contributed by atoms with Crippen molar-refractivity contribution in [2.75, 3.05) is 0 Å². The van der Waals surface area contributed by atoms with Crippen LogP contribution in [0, 0.1) is 5.41 Å². The van der Waals surface area contributed by atoms with Crippen LogP contribution in [0.4, 0.5) is 13.2 Å². The van der Waals surface area contributed by atoms with Gasteiger partial charge in [-0.1, -0.05) is 36.7 Å². The molecule has 0 aliphatic rings. The molecule has 8 heteroatoms. The molecule has 122 valence electrons. The Labute approximate surface area is 136 Å². The van der Waals surface area contributed by atoms with Crippen LogP contribution in [-0.4, -0.2) is 17.6 Å². The van der Waals surface area contributed by atoms with Crippen molar-refractivity contribution in [2.24, 2.45) is 11.1 Å². The summed E-state index contributed by atoms with van der Waals surface area (Å²) in [7, 11) is 0. The number of hydrogen-bond donors (Lipinski definition) is 2. The van der Waals surface area contributed by atoms with Gasteiger partial charge in [0.05, 0.1) is 12.1 Å². The van der Waals surface area contributed by atoms with Crippen molar-refractivity contribution in [3.05, 3.63) is 28.2 Å². The van der Waals surface area contributed by atoms with E-state index in [-0.39, 0.29) is 18.0 Å². The number of halogens is 5. The number of nitrogens with two attached hydrogens (primary N) is 1. The summed E-state index contributed by atoms with van der Waals surface area (Å²) in [5.41, 5.74) is 5.42. The summed E-state index contributed by atoms with van der Waals surface area (Å²) in [4.78, 5) is 0. The topological polar surface area (TPSA) is 55.5 Å². The largest absolute Gasteiger partial charge is 0.573 e. The van der Waals surface area contributed by atoms with Gasteiger partial charge in [0.15, 0.2) is 0 Å². The third-order valence-corrected chi connectivity index (χ3v) is 3.28. The second kappa shape index (κ2) is 7.17. The molecule has 0 heterocycles. The monoisotopic (exact) mass is 391 g/mol. The molecule has 0 saturated carbocycles. The number of hydrogen-bond acceptors (Lipinski definition) is 3. The lowest BCUT2D eigenvalue weighted by atomic mass is 9.82. The number of aliphatic hydroxyl groups excluding tert-OH is 1. The molecule has 3 nitrogen and oxygen atoms in total. The molecule has 0 amide bonds. The highest BCUT2D eigenvalue weighted by Crippen LogP contribution is 2.36. The smallest absolute Gasteiger partial charge is 0.405 e. The molecule has 2 atom stereocenters. The fourth-order valence-electron chi connectivity index (χ4n) is 1.71. The van der Waals surface area contributed by atoms with Crippen molar-refractivity contribution in [2.45, 2.75) is 39.3 Å². The fourth-order valence-corrected chi connectivity index (χ4v) is 2.08. The highest BCUT2D eigenvalue weighted by Gasteiger charge is 2.35. The van der Waals surface area contributed by atoms with Crippen molar-refractivity contribution < 1.29 is 23.0 Å². The standard InChI is InChI=1S/C13H17BrF3NO2.ClH/c1-12(2,3)11(19)10(18)8-6-7(14)4-5-9(8)20-13(15,16)17;/h4-6,10-11,19H,18H2,1-3H3;1H/t10-,11-;/m0./s1. The highest BCUT2D eigenvalue weighted by molar-refractivity contribution is 9.10. The van der Waals surface area contributed by atoms with Crippen LogP contribution in [0.5, 0.6) is 5.75 Å². The van der Waals surface area contributed by atoms with Gasteiger partial charge in [-0.2, -0.15) is 0 Å². The van der Waals surface area contributed by atoms with E-state index in [9.17, 15) is 18.3 Å². The van der Waals surface area contributed by atoms with Crippen LogP contribution in [-0.2, 0) is 0 Å². The summed E-state index contributed by atoms with van der Waals surface area (Å²) >= 11 is 3.17. The minimum absolute atomic E-state index is 0. The van der Waals surface area contributed by atoms with Crippen molar-refractivity contribution in [3.63, 3.8) is 0 Å². The molecule has 0 spiro atoms. The van der Waals surface area contributed by atoms with E-state index in [1.165, 1.54) is 18.2 Å². The third-order valence-electron chi connectivity index (χ3n) is 2.78. The van der Waals surface area contributed by atoms with Crippen LogP contribution in [0.2, 0.25) is 0 Å². The summed E-state index contributed by atoms with van der Waals surface area (Å²) in [6.45, 7) is 5.25. The van der Waals surface area contributed by atoms with Crippen molar-refractivity contribution in [1.29, 1.82) is 0 Å². The molecular weight excluding hydrogens is 374 g/mol. The minimum Gasteiger partial charge on any atom is -0.405 e. The first-order chi connectivity index (χ1) is 8.92. The fraction of sp³-hybridized carbons (Fsp3) is 0.538. The maximum atomic E-state index is 12.4. The number of aliphatic hydroxyl groups is 1. The zero-order chi connectivity index (χ0) is 15.7. The second-order valence-electron chi connectivity index (χ2n) is 5.57. The zero-order valence-electron chi connectivity index (χ0n) is 11.7. The van der Waals surface area contributed by atoms with Crippen molar-refractivity contribution in [3.8, 4) is 5.75 Å². The van der Waals surface area contributed by atoms with Crippen LogP contribution in [0.15, 0.2) is 22.7 Å². The first-order valence-electron chi connectivity index (χ1n) is 5.90. The molecule has 0 fully saturated rings. The predicted molar refractivity (Wildman–Crippen MR) is 80.5 cm³/mol. The molecule has 0 bridgehead atoms. The average Bonchev–Trinajstić information content (AvgIpc) is 2.26. The van der Waals surface area contributed by atoms with Gasteiger partial charge in [0.25, 0.3) is 0 Å². The molecule has 21 heavy (non-hydrogen) atoms. The van der Waals surface area contributed by atoms with Crippen molar-refractivity contribution in [1.82, 2.24) is 0 Å². The first kappa shape index (κ1) is 20.5. The van der Waals surface area contributed by atoms with E-state index in [1.54, 1.807) is 20.8 Å². The Morgan fingerprint density at radius 1 is 1.24 bits per heavy atom. The van der Waals surface area contributed by atoms with E-state index in [0.29, 0.717) is 4.47 Å². The zero-order valence-corrected chi connectivity index (χ0v) is 14.1. The van der Waals surface area contributed by atoms with Gasteiger partial charge in [-0.05, 0) is 23.6 Å². The summed E-state index contributed by atoms with van der Waals surface area (Å²) < 4.78 is 41.7. The molecule has 0 unspecified atom stereocenters. The number of rotatable bonds is 3. The van der Waals surface area contributed by atoms with Gasteiger partial charge in [-0.15, -0.1) is 25.6 Å². The van der Waals surface area contributed by atoms with Crippen molar-refractivity contribution >= 4 is 28.3 Å². The number of benzene rings is 1. The summed E-state index contributed by atoms with van der Waals surface area (Å²) in [5, 5.41) is 10.1. The average molecular weight is 393 g/mol. The Hall–Kier alpha value is -0.500. The Bertz CT molecular complexity index is 477. The Balaban J connectivity index is 0.00000400. The Kier molecular flexibility index (Phi) is 7.00. The van der Waals surface area contributed by atoms with Gasteiger partial charge in [-0.25, -0.2) is 0 Å². The Morgan fingerprint density at radius 3 is 2.19 bits per heavy atom. The lowest BCUT2D eigenvalue weighted by molar-refractivity contribution is -0.275. The maximum Gasteiger partial charge on any atom is 0.573 e. The first-order valence-corrected chi connectivity index (χ1v) is 6.70. The van der Waals surface area contributed by atoms with Crippen LogP contribution in [0.3, 0.4) is 0 Å². The number of ether oxygens (including phenoxy) is 1. The maximum absolute atomic E-state index is 12.4. The SMILES string of the molecule is CC(C)(C)[C@@H](O)[C@@H](N)c1cc(Br)ccc1OC(F)(F)F.Cl. The summed E-state index contributed by atoms with van der Waals surface area (Å²) in [6.07, 6.45) is -5.83. The molecule has 0 aromatic heterocycles. The quantitative estimate of drug-likeness (QED) is 0.811. The highest BCUT2D eigenvalue weighted by atomic mass is 79.9. The molecule has 0 saturated heterocycles. The van der Waals surface area contributed by atoms with E-state index < -0.39 is 29.7 Å². The molecular formula is C13H18BrClF3NO2. The van der Waals surface area contributed by atoms with Gasteiger partial charge < -0.3 is 15.6 Å². The Morgan fingerprint density at radius 2 is 1.76 bits per heavy atom. The number of alkyl halides is 3. The summed E-state index contributed by atoms with van der Waals surface area (Å²) in [6, 6.07) is 3.01. The summed E-state index contributed by atoms with van der Waals surface area (Å²) in [5.74, 6) is -0.406. The minimum atomic E-state index is -4.81. The molecule has 0 aliphatic heterocycles. The van der Waals surface area contributed by atoms with E-state index in [2.05, 4.69) is 20.7 Å². The van der Waals surface area contributed by atoms with E-state index in [1.807, 2.05) is 0 Å².